The lowest BCUT2D eigenvalue weighted by molar-refractivity contribution is 0.490. The fourth-order valence-corrected chi connectivity index (χ4v) is 5.99. The van der Waals surface area contributed by atoms with Crippen molar-refractivity contribution in [2.75, 3.05) is 10.6 Å². The lowest BCUT2D eigenvalue weighted by atomic mass is 9.73. The van der Waals surface area contributed by atoms with Crippen molar-refractivity contribution in [3.05, 3.63) is 120 Å². The summed E-state index contributed by atoms with van der Waals surface area (Å²) in [6.45, 7) is 4.60. The van der Waals surface area contributed by atoms with Crippen molar-refractivity contribution in [1.29, 1.82) is 0 Å². The molecule has 0 radical (unpaired) electrons. The van der Waals surface area contributed by atoms with Crippen molar-refractivity contribution < 1.29 is 0 Å². The molecular weight excluding hydrogens is 424 g/mol. The van der Waals surface area contributed by atoms with E-state index in [1.165, 1.54) is 38.7 Å². The van der Waals surface area contributed by atoms with Crippen molar-refractivity contribution in [3.63, 3.8) is 0 Å². The van der Waals surface area contributed by atoms with E-state index in [9.17, 15) is 0 Å². The van der Waals surface area contributed by atoms with Gasteiger partial charge < -0.3 is 10.6 Å². The molecule has 172 valence electrons. The van der Waals surface area contributed by atoms with E-state index in [-0.39, 0.29) is 5.41 Å². The summed E-state index contributed by atoms with van der Waals surface area (Å²) in [4.78, 5) is 2.38. The molecule has 0 atom stereocenters. The second-order valence-corrected chi connectivity index (χ2v) is 9.53. The van der Waals surface area contributed by atoms with E-state index in [2.05, 4.69) is 122 Å². The van der Waals surface area contributed by atoms with E-state index in [1.807, 2.05) is 6.07 Å². The number of hydrogen-bond acceptors (Lipinski definition) is 2. The average molecular weight is 455 g/mol. The molecule has 0 saturated carbocycles. The molecule has 0 aliphatic heterocycles. The minimum absolute atomic E-state index is 0.0260. The third-order valence-corrected chi connectivity index (χ3v) is 7.84. The molecule has 2 heteroatoms. The first-order valence-corrected chi connectivity index (χ1v) is 12.5. The molecule has 5 aromatic rings. The molecule has 0 amide bonds. The molecule has 2 N–H and O–H groups in total. The van der Waals surface area contributed by atoms with Crippen LogP contribution in [0.4, 0.5) is 22.7 Å². The SMILES string of the molecule is CCC1(CC)c2cc(N)ccc2-c2ccc(N(c3ccccc3)c3ccc4ccccc4c3)cc21. The number of nitrogen functional groups attached to an aromatic ring is 1. The van der Waals surface area contributed by atoms with E-state index in [0.717, 1.165) is 29.9 Å². The Morgan fingerprint density at radius 3 is 1.91 bits per heavy atom. The number of para-hydroxylation sites is 1. The summed E-state index contributed by atoms with van der Waals surface area (Å²) < 4.78 is 0. The standard InChI is InChI=1S/C33H30N2/c1-3-33(4-2)31-21-25(34)15-18-29(31)30-19-17-28(22-32(30)33)35(26-12-6-5-7-13-26)27-16-14-23-10-8-9-11-24(23)20-27/h5-22H,3-4,34H2,1-2H3. The molecular formula is C33H30N2. The molecule has 0 heterocycles. The fraction of sp³-hybridized carbons (Fsp3) is 0.152. The van der Waals surface area contributed by atoms with Crippen LogP contribution in [-0.2, 0) is 5.41 Å². The summed E-state index contributed by atoms with van der Waals surface area (Å²) in [6.07, 6.45) is 2.08. The molecule has 0 bridgehead atoms. The van der Waals surface area contributed by atoms with Crippen molar-refractivity contribution in [1.82, 2.24) is 0 Å². The molecule has 1 aliphatic rings. The van der Waals surface area contributed by atoms with Gasteiger partial charge in [-0.25, -0.2) is 0 Å². The van der Waals surface area contributed by atoms with Gasteiger partial charge in [-0.05, 0) is 94.4 Å². The molecule has 0 saturated heterocycles. The average Bonchev–Trinajstić information content (AvgIpc) is 3.18. The highest BCUT2D eigenvalue weighted by atomic mass is 15.1. The first-order valence-electron chi connectivity index (χ1n) is 12.5. The first kappa shape index (κ1) is 21.5. The summed E-state index contributed by atoms with van der Waals surface area (Å²) in [5, 5.41) is 2.49. The second-order valence-electron chi connectivity index (χ2n) is 9.53. The maximum absolute atomic E-state index is 6.26. The first-order chi connectivity index (χ1) is 17.1. The maximum atomic E-state index is 6.26. The van der Waals surface area contributed by atoms with Crippen LogP contribution in [0.15, 0.2) is 109 Å². The van der Waals surface area contributed by atoms with Gasteiger partial charge in [0.05, 0.1) is 0 Å². The molecule has 35 heavy (non-hydrogen) atoms. The van der Waals surface area contributed by atoms with Gasteiger partial charge in [0.25, 0.3) is 0 Å². The van der Waals surface area contributed by atoms with Crippen LogP contribution in [0, 0.1) is 0 Å². The molecule has 1 aliphatic carbocycles. The van der Waals surface area contributed by atoms with Gasteiger partial charge in [0.15, 0.2) is 0 Å². The van der Waals surface area contributed by atoms with Gasteiger partial charge in [0, 0.05) is 28.2 Å². The number of anilines is 4. The third kappa shape index (κ3) is 3.32. The van der Waals surface area contributed by atoms with E-state index in [1.54, 1.807) is 0 Å². The van der Waals surface area contributed by atoms with Crippen molar-refractivity contribution >= 4 is 33.5 Å². The Hall–Kier alpha value is -4.04. The third-order valence-electron chi connectivity index (χ3n) is 7.84. The predicted molar refractivity (Wildman–Crippen MR) is 150 cm³/mol. The van der Waals surface area contributed by atoms with Gasteiger partial charge in [0.1, 0.15) is 0 Å². The van der Waals surface area contributed by atoms with Gasteiger partial charge in [0.2, 0.25) is 0 Å². The van der Waals surface area contributed by atoms with Crippen LogP contribution in [0.3, 0.4) is 0 Å². The molecule has 5 aromatic carbocycles. The lowest BCUT2D eigenvalue weighted by Gasteiger charge is -2.32. The maximum Gasteiger partial charge on any atom is 0.0468 e. The Morgan fingerprint density at radius 1 is 0.571 bits per heavy atom. The molecule has 0 spiro atoms. The highest BCUT2D eigenvalue weighted by Crippen LogP contribution is 2.54. The number of hydrogen-bond donors (Lipinski definition) is 1. The van der Waals surface area contributed by atoms with E-state index < -0.39 is 0 Å². The van der Waals surface area contributed by atoms with Crippen LogP contribution in [0.1, 0.15) is 37.8 Å². The monoisotopic (exact) mass is 454 g/mol. The van der Waals surface area contributed by atoms with E-state index in [4.69, 9.17) is 5.73 Å². The van der Waals surface area contributed by atoms with Crippen LogP contribution in [0.2, 0.25) is 0 Å². The molecule has 2 nitrogen and oxygen atoms in total. The molecule has 0 unspecified atom stereocenters. The molecule has 0 fully saturated rings. The Bertz CT molecular complexity index is 1530. The highest BCUT2D eigenvalue weighted by Gasteiger charge is 2.41. The van der Waals surface area contributed by atoms with Gasteiger partial charge in [-0.1, -0.05) is 74.5 Å². The number of rotatable bonds is 5. The van der Waals surface area contributed by atoms with Crippen LogP contribution in [0.5, 0.6) is 0 Å². The zero-order valence-corrected chi connectivity index (χ0v) is 20.3. The number of nitrogens with two attached hydrogens (primary N) is 1. The van der Waals surface area contributed by atoms with Crippen LogP contribution in [-0.4, -0.2) is 0 Å². The molecule has 6 rings (SSSR count). The summed E-state index contributed by atoms with van der Waals surface area (Å²) in [5.74, 6) is 0. The van der Waals surface area contributed by atoms with Crippen molar-refractivity contribution in [3.8, 4) is 11.1 Å². The lowest BCUT2D eigenvalue weighted by Crippen LogP contribution is -2.23. The molecule has 0 aromatic heterocycles. The largest absolute Gasteiger partial charge is 0.399 e. The zero-order chi connectivity index (χ0) is 24.0. The van der Waals surface area contributed by atoms with Gasteiger partial charge in [-0.3, -0.25) is 0 Å². The summed E-state index contributed by atoms with van der Waals surface area (Å²) in [5.41, 5.74) is 16.0. The van der Waals surface area contributed by atoms with E-state index in [0.29, 0.717) is 0 Å². The van der Waals surface area contributed by atoms with E-state index >= 15 is 0 Å². The minimum atomic E-state index is -0.0260. The second kappa shape index (κ2) is 8.32. The Labute approximate surface area is 207 Å². The van der Waals surface area contributed by atoms with Crippen molar-refractivity contribution in [2.24, 2.45) is 0 Å². The Kier molecular flexibility index (Phi) is 5.11. The summed E-state index contributed by atoms with van der Waals surface area (Å²) >= 11 is 0. The Morgan fingerprint density at radius 2 is 1.17 bits per heavy atom. The zero-order valence-electron chi connectivity index (χ0n) is 20.3. The van der Waals surface area contributed by atoms with Crippen LogP contribution in [0.25, 0.3) is 21.9 Å². The predicted octanol–water partition coefficient (Wildman–Crippen LogP) is 8.98. The topological polar surface area (TPSA) is 29.3 Å². The van der Waals surface area contributed by atoms with Gasteiger partial charge in [-0.2, -0.15) is 0 Å². The minimum Gasteiger partial charge on any atom is -0.399 e. The van der Waals surface area contributed by atoms with Gasteiger partial charge in [-0.15, -0.1) is 0 Å². The number of fused-ring (bicyclic) bond motifs is 4. The van der Waals surface area contributed by atoms with Crippen LogP contribution >= 0.6 is 0 Å². The van der Waals surface area contributed by atoms with Gasteiger partial charge >= 0.3 is 0 Å². The van der Waals surface area contributed by atoms with Crippen molar-refractivity contribution in [2.45, 2.75) is 32.1 Å². The van der Waals surface area contributed by atoms with Crippen LogP contribution < -0.4 is 10.6 Å². The Balaban J connectivity index is 1.57. The fourth-order valence-electron chi connectivity index (χ4n) is 5.99. The normalized spacial score (nSPS) is 13.4. The summed E-state index contributed by atoms with van der Waals surface area (Å²) in [7, 11) is 0. The quantitative estimate of drug-likeness (QED) is 0.268. The summed E-state index contributed by atoms with van der Waals surface area (Å²) in [6, 6.07) is 39.4. The number of nitrogens with zero attached hydrogens (tertiary/aromatic N) is 1. The smallest absolute Gasteiger partial charge is 0.0468 e. The number of benzene rings is 5. The highest BCUT2D eigenvalue weighted by molar-refractivity contribution is 5.91.